The van der Waals surface area contributed by atoms with Crippen LogP contribution in [0.1, 0.15) is 20.3 Å². The zero-order chi connectivity index (χ0) is 11.9. The number of allylic oxidation sites excluding steroid dienone is 5. The molecule has 0 bridgehead atoms. The summed E-state index contributed by atoms with van der Waals surface area (Å²) in [6.07, 6.45) is 3.90. The molecule has 0 aromatic rings. The Kier molecular flexibility index (Phi) is 2.54. The van der Waals surface area contributed by atoms with Crippen molar-refractivity contribution >= 4 is 11.6 Å². The van der Waals surface area contributed by atoms with Crippen molar-refractivity contribution in [3.05, 3.63) is 34.6 Å². The zero-order valence-electron chi connectivity index (χ0n) is 9.66. The first-order chi connectivity index (χ1) is 7.54. The maximum atomic E-state index is 12.0. The summed E-state index contributed by atoms with van der Waals surface area (Å²) in [6.45, 7) is 3.91. The second-order valence-corrected chi connectivity index (χ2v) is 4.28. The van der Waals surface area contributed by atoms with Gasteiger partial charge in [-0.2, -0.15) is 0 Å². The van der Waals surface area contributed by atoms with Gasteiger partial charge in [-0.05, 0) is 13.3 Å². The van der Waals surface area contributed by atoms with Crippen LogP contribution in [0.4, 0.5) is 0 Å². The molecule has 0 aromatic carbocycles. The highest BCUT2D eigenvalue weighted by atomic mass is 16.5. The predicted molar refractivity (Wildman–Crippen MR) is 59.7 cm³/mol. The van der Waals surface area contributed by atoms with Gasteiger partial charge in [-0.15, -0.1) is 0 Å². The van der Waals surface area contributed by atoms with Gasteiger partial charge in [0, 0.05) is 23.1 Å². The number of carbonyl (C=O) groups is 2. The lowest BCUT2D eigenvalue weighted by molar-refractivity contribution is -0.118. The van der Waals surface area contributed by atoms with Crippen LogP contribution in [0.5, 0.6) is 0 Å². The van der Waals surface area contributed by atoms with Crippen LogP contribution < -0.4 is 0 Å². The predicted octanol–water partition coefficient (Wildman–Crippen LogP) is 1.95. The standard InChI is InChI=1S/C13H14O3/c1-7-4-8(2)12-9(5-7)13(15)11(16-3)6-10(12)14/h4,6,8H,5H2,1-3H3. The Hall–Kier alpha value is -1.64. The van der Waals surface area contributed by atoms with Gasteiger partial charge in [0.1, 0.15) is 0 Å². The molecule has 0 saturated carbocycles. The molecular formula is C13H14O3. The van der Waals surface area contributed by atoms with Gasteiger partial charge >= 0.3 is 0 Å². The summed E-state index contributed by atoms with van der Waals surface area (Å²) >= 11 is 0. The molecule has 3 nitrogen and oxygen atoms in total. The van der Waals surface area contributed by atoms with E-state index in [1.165, 1.54) is 13.2 Å². The Morgan fingerprint density at radius 2 is 2.06 bits per heavy atom. The Labute approximate surface area is 94.5 Å². The van der Waals surface area contributed by atoms with E-state index in [0.717, 1.165) is 5.57 Å². The second kappa shape index (κ2) is 3.74. The van der Waals surface area contributed by atoms with Gasteiger partial charge in [0.25, 0.3) is 0 Å². The maximum Gasteiger partial charge on any atom is 0.224 e. The number of hydrogen-bond acceptors (Lipinski definition) is 3. The van der Waals surface area contributed by atoms with Gasteiger partial charge < -0.3 is 4.74 Å². The molecule has 0 aliphatic heterocycles. The lowest BCUT2D eigenvalue weighted by Crippen LogP contribution is -2.25. The van der Waals surface area contributed by atoms with Crippen molar-refractivity contribution in [2.75, 3.05) is 7.11 Å². The van der Waals surface area contributed by atoms with E-state index in [-0.39, 0.29) is 23.2 Å². The van der Waals surface area contributed by atoms with Crippen LogP contribution in [-0.2, 0) is 14.3 Å². The monoisotopic (exact) mass is 218 g/mol. The van der Waals surface area contributed by atoms with Crippen LogP contribution in [0.15, 0.2) is 34.6 Å². The van der Waals surface area contributed by atoms with Crippen molar-refractivity contribution in [2.24, 2.45) is 5.92 Å². The van der Waals surface area contributed by atoms with Crippen molar-refractivity contribution in [1.82, 2.24) is 0 Å². The molecule has 16 heavy (non-hydrogen) atoms. The highest BCUT2D eigenvalue weighted by Crippen LogP contribution is 2.34. The lowest BCUT2D eigenvalue weighted by atomic mass is 9.78. The molecule has 2 aliphatic rings. The number of ketones is 2. The maximum absolute atomic E-state index is 12.0. The molecule has 0 saturated heterocycles. The van der Waals surface area contributed by atoms with Gasteiger partial charge in [0.05, 0.1) is 7.11 Å². The summed E-state index contributed by atoms with van der Waals surface area (Å²) in [6, 6.07) is 0. The van der Waals surface area contributed by atoms with E-state index in [0.29, 0.717) is 17.6 Å². The summed E-state index contributed by atoms with van der Waals surface area (Å²) in [4.78, 5) is 23.9. The number of carbonyl (C=O) groups excluding carboxylic acids is 2. The highest BCUT2D eigenvalue weighted by molar-refractivity contribution is 6.22. The Bertz CT molecular complexity index is 464. The van der Waals surface area contributed by atoms with Crippen LogP contribution >= 0.6 is 0 Å². The fourth-order valence-electron chi connectivity index (χ4n) is 2.36. The number of rotatable bonds is 1. The number of hydrogen-bond donors (Lipinski definition) is 0. The fourth-order valence-corrected chi connectivity index (χ4v) is 2.36. The summed E-state index contributed by atoms with van der Waals surface area (Å²) in [5.74, 6) is -0.0559. The average molecular weight is 218 g/mol. The van der Waals surface area contributed by atoms with Gasteiger partial charge in [-0.3, -0.25) is 9.59 Å². The van der Waals surface area contributed by atoms with E-state index in [2.05, 4.69) is 0 Å². The van der Waals surface area contributed by atoms with E-state index in [1.807, 2.05) is 19.9 Å². The number of ether oxygens (including phenoxy) is 1. The zero-order valence-corrected chi connectivity index (χ0v) is 9.66. The minimum atomic E-state index is -0.142. The number of Topliss-reactive ketones (excluding diaryl/α,β-unsaturated/α-hetero) is 1. The van der Waals surface area contributed by atoms with Gasteiger partial charge in [0.15, 0.2) is 11.5 Å². The molecule has 0 amide bonds. The van der Waals surface area contributed by atoms with E-state index in [9.17, 15) is 9.59 Å². The summed E-state index contributed by atoms with van der Waals surface area (Å²) in [5, 5.41) is 0. The minimum Gasteiger partial charge on any atom is -0.493 e. The first-order valence-electron chi connectivity index (χ1n) is 5.29. The summed E-state index contributed by atoms with van der Waals surface area (Å²) in [7, 11) is 1.41. The molecule has 3 heteroatoms. The van der Waals surface area contributed by atoms with Crippen LogP contribution in [0.3, 0.4) is 0 Å². The van der Waals surface area contributed by atoms with Crippen LogP contribution in [0.25, 0.3) is 0 Å². The van der Waals surface area contributed by atoms with Gasteiger partial charge in [-0.1, -0.05) is 18.6 Å². The van der Waals surface area contributed by atoms with E-state index in [1.54, 1.807) is 0 Å². The van der Waals surface area contributed by atoms with Crippen LogP contribution in [-0.4, -0.2) is 18.7 Å². The molecule has 1 unspecified atom stereocenters. The van der Waals surface area contributed by atoms with Crippen molar-refractivity contribution in [3.63, 3.8) is 0 Å². The van der Waals surface area contributed by atoms with E-state index >= 15 is 0 Å². The topological polar surface area (TPSA) is 43.4 Å². The normalized spacial score (nSPS) is 25.1. The molecule has 0 aromatic heterocycles. The van der Waals surface area contributed by atoms with Gasteiger partial charge in [-0.25, -0.2) is 0 Å². The third-order valence-corrected chi connectivity index (χ3v) is 3.02. The quantitative estimate of drug-likeness (QED) is 0.499. The summed E-state index contributed by atoms with van der Waals surface area (Å²) < 4.78 is 4.93. The molecule has 2 aliphatic carbocycles. The average Bonchev–Trinajstić information content (AvgIpc) is 2.22. The van der Waals surface area contributed by atoms with Crippen LogP contribution in [0, 0.1) is 5.92 Å². The van der Waals surface area contributed by atoms with E-state index in [4.69, 9.17) is 4.74 Å². The molecule has 0 radical (unpaired) electrons. The molecule has 2 rings (SSSR count). The Morgan fingerprint density at radius 1 is 1.38 bits per heavy atom. The molecule has 84 valence electrons. The van der Waals surface area contributed by atoms with Gasteiger partial charge in [0.2, 0.25) is 5.78 Å². The minimum absolute atomic E-state index is 0.0230. The van der Waals surface area contributed by atoms with Crippen molar-refractivity contribution in [2.45, 2.75) is 20.3 Å². The SMILES string of the molecule is COC1=CC(=O)C2=C(CC(C)=CC2C)C1=O. The Balaban J connectivity index is 2.47. The van der Waals surface area contributed by atoms with Crippen molar-refractivity contribution in [3.8, 4) is 0 Å². The second-order valence-electron chi connectivity index (χ2n) is 4.28. The molecule has 1 atom stereocenters. The third kappa shape index (κ3) is 1.52. The van der Waals surface area contributed by atoms with Crippen LogP contribution in [0.2, 0.25) is 0 Å². The Morgan fingerprint density at radius 3 is 2.69 bits per heavy atom. The van der Waals surface area contributed by atoms with Crippen molar-refractivity contribution in [1.29, 1.82) is 0 Å². The molecule has 0 N–H and O–H groups in total. The highest BCUT2D eigenvalue weighted by Gasteiger charge is 2.33. The fraction of sp³-hybridized carbons (Fsp3) is 0.385. The third-order valence-electron chi connectivity index (χ3n) is 3.02. The molecule has 0 spiro atoms. The number of methoxy groups -OCH3 is 1. The molecular weight excluding hydrogens is 204 g/mol. The molecule has 0 fully saturated rings. The first-order valence-corrected chi connectivity index (χ1v) is 5.29. The largest absolute Gasteiger partial charge is 0.493 e. The summed E-state index contributed by atoms with van der Waals surface area (Å²) in [5.41, 5.74) is 2.37. The molecule has 0 heterocycles. The van der Waals surface area contributed by atoms with E-state index < -0.39 is 0 Å². The smallest absolute Gasteiger partial charge is 0.224 e. The van der Waals surface area contributed by atoms with Crippen molar-refractivity contribution < 1.29 is 14.3 Å². The first kappa shape index (κ1) is 10.9. The lowest BCUT2D eigenvalue weighted by Gasteiger charge is -2.25.